The summed E-state index contributed by atoms with van der Waals surface area (Å²) < 4.78 is 0. The van der Waals surface area contributed by atoms with E-state index in [0.717, 1.165) is 6.42 Å². The van der Waals surface area contributed by atoms with Gasteiger partial charge in [-0.05, 0) is 12.0 Å². The van der Waals surface area contributed by atoms with E-state index < -0.39 is 0 Å². The number of aliphatic imine (C=N–C) groups is 2. The molecule has 6 N–H and O–H groups in total. The Labute approximate surface area is 101 Å². The van der Waals surface area contributed by atoms with Crippen LogP contribution >= 0.6 is 0 Å². The van der Waals surface area contributed by atoms with Crippen LogP contribution in [0.3, 0.4) is 0 Å². The molecule has 16 heavy (non-hydrogen) atoms. The smallest absolute Gasteiger partial charge is 0.218 e. The molecule has 0 spiro atoms. The molecular weight excluding hydrogens is 226 g/mol. The van der Waals surface area contributed by atoms with Gasteiger partial charge in [-0.2, -0.15) is 4.99 Å². The van der Waals surface area contributed by atoms with Crippen LogP contribution in [0.25, 0.3) is 0 Å². The van der Waals surface area contributed by atoms with E-state index in [0.29, 0.717) is 6.54 Å². The van der Waals surface area contributed by atoms with Gasteiger partial charge in [-0.1, -0.05) is 30.3 Å². The fourth-order valence-electron chi connectivity index (χ4n) is 1.11. The number of guanidine groups is 2. The van der Waals surface area contributed by atoms with Gasteiger partial charge in [-0.3, -0.25) is 4.99 Å². The monoisotopic (exact) mass is 240 g/mol. The first kappa shape index (κ1) is 14.2. The lowest BCUT2D eigenvalue weighted by Gasteiger charge is -1.97. The van der Waals surface area contributed by atoms with Gasteiger partial charge in [0.15, 0.2) is 5.96 Å². The highest BCUT2D eigenvalue weighted by Crippen LogP contribution is 1.99. The first-order valence-electron chi connectivity index (χ1n) is 4.62. The van der Waals surface area contributed by atoms with Crippen LogP contribution in [0.2, 0.25) is 0 Å². The van der Waals surface area contributed by atoms with E-state index in [1.807, 2.05) is 30.3 Å². The zero-order chi connectivity index (χ0) is 11.1. The minimum atomic E-state index is -0.0732. The van der Waals surface area contributed by atoms with Crippen molar-refractivity contribution in [2.45, 2.75) is 6.42 Å². The fraction of sp³-hybridized carbons (Fsp3) is 0.200. The van der Waals surface area contributed by atoms with Crippen LogP contribution in [0.1, 0.15) is 5.56 Å². The van der Waals surface area contributed by atoms with Crippen molar-refractivity contribution in [1.29, 1.82) is 0 Å². The summed E-state index contributed by atoms with van der Waals surface area (Å²) >= 11 is 0. The molecule has 0 aliphatic heterocycles. The molecule has 0 saturated carbocycles. The van der Waals surface area contributed by atoms with Crippen LogP contribution in [0.5, 0.6) is 0 Å². The van der Waals surface area contributed by atoms with Crippen molar-refractivity contribution < 1.29 is 12.4 Å². The molecule has 0 bridgehead atoms. The number of nitrogens with two attached hydrogens (primary N) is 3. The summed E-state index contributed by atoms with van der Waals surface area (Å²) in [5.41, 5.74) is 16.9. The summed E-state index contributed by atoms with van der Waals surface area (Å²) in [6.45, 7) is 0.576. The third-order valence-corrected chi connectivity index (χ3v) is 1.76. The molecule has 5 nitrogen and oxygen atoms in total. The summed E-state index contributed by atoms with van der Waals surface area (Å²) in [6, 6.07) is 10.0. The second-order valence-corrected chi connectivity index (χ2v) is 3.01. The molecule has 1 rings (SSSR count). The van der Waals surface area contributed by atoms with Crippen LogP contribution in [0.15, 0.2) is 40.3 Å². The van der Waals surface area contributed by atoms with E-state index in [1.165, 1.54) is 5.56 Å². The van der Waals surface area contributed by atoms with Crippen molar-refractivity contribution in [1.82, 2.24) is 0 Å². The van der Waals surface area contributed by atoms with Crippen LogP contribution in [0, 0.1) is 0 Å². The summed E-state index contributed by atoms with van der Waals surface area (Å²) in [4.78, 5) is 7.62. The Morgan fingerprint density at radius 3 is 2.25 bits per heavy atom. The third kappa shape index (κ3) is 5.87. The lowest BCUT2D eigenvalue weighted by Crippen LogP contribution is -3.00. The average Bonchev–Trinajstić information content (AvgIpc) is 2.18. The minimum absolute atomic E-state index is 0. The molecule has 88 valence electrons. The van der Waals surface area contributed by atoms with Crippen molar-refractivity contribution in [3.8, 4) is 0 Å². The van der Waals surface area contributed by atoms with Gasteiger partial charge in [0.25, 0.3) is 0 Å². The Bertz CT molecular complexity index is 357. The molecule has 1 aromatic carbocycles. The maximum Gasteiger partial charge on any atom is 0.218 e. The SMILES string of the molecule is NC(N)=NC(N)=NCCc1ccccc1.[Cl-]. The van der Waals surface area contributed by atoms with E-state index >= 15 is 0 Å². The van der Waals surface area contributed by atoms with Crippen molar-refractivity contribution in [3.05, 3.63) is 35.9 Å². The van der Waals surface area contributed by atoms with Crippen LogP contribution < -0.4 is 29.6 Å². The number of rotatable bonds is 3. The number of hydrogen-bond donors (Lipinski definition) is 3. The molecule has 0 aliphatic carbocycles. The van der Waals surface area contributed by atoms with Crippen LogP contribution in [0.4, 0.5) is 0 Å². The molecule has 0 fully saturated rings. The van der Waals surface area contributed by atoms with Crippen LogP contribution in [-0.2, 0) is 6.42 Å². The summed E-state index contributed by atoms with van der Waals surface area (Å²) in [6.07, 6.45) is 0.821. The zero-order valence-electron chi connectivity index (χ0n) is 8.81. The highest BCUT2D eigenvalue weighted by molar-refractivity contribution is 5.92. The molecule has 0 radical (unpaired) electrons. The largest absolute Gasteiger partial charge is 1.00 e. The Morgan fingerprint density at radius 1 is 1.06 bits per heavy atom. The highest BCUT2D eigenvalue weighted by Gasteiger charge is 1.91. The van der Waals surface area contributed by atoms with E-state index in [-0.39, 0.29) is 24.3 Å². The molecular formula is C10H15ClN5-. The van der Waals surface area contributed by atoms with E-state index in [2.05, 4.69) is 9.98 Å². The van der Waals surface area contributed by atoms with Crippen LogP contribution in [-0.4, -0.2) is 18.5 Å². The predicted octanol–water partition coefficient (Wildman–Crippen LogP) is -3.18. The normalized spacial score (nSPS) is 10.4. The van der Waals surface area contributed by atoms with Gasteiger partial charge in [0.2, 0.25) is 5.96 Å². The third-order valence-electron chi connectivity index (χ3n) is 1.76. The second kappa shape index (κ2) is 7.53. The first-order valence-corrected chi connectivity index (χ1v) is 4.62. The molecule has 0 amide bonds. The number of benzene rings is 1. The van der Waals surface area contributed by atoms with Gasteiger partial charge in [0, 0.05) is 6.54 Å². The standard InChI is InChI=1S/C10H15N5.ClH/c11-9(12)15-10(13)14-7-6-8-4-2-1-3-5-8;/h1-5H,6-7H2,(H6,11,12,13,14,15);1H/p-1. The van der Waals surface area contributed by atoms with Crippen molar-refractivity contribution in [2.24, 2.45) is 27.2 Å². The maximum absolute atomic E-state index is 5.44. The fourth-order valence-corrected chi connectivity index (χ4v) is 1.11. The van der Waals surface area contributed by atoms with E-state index in [4.69, 9.17) is 17.2 Å². The number of hydrogen-bond acceptors (Lipinski definition) is 1. The van der Waals surface area contributed by atoms with Gasteiger partial charge in [0.1, 0.15) is 0 Å². The van der Waals surface area contributed by atoms with Crippen molar-refractivity contribution in [3.63, 3.8) is 0 Å². The average molecular weight is 241 g/mol. The summed E-state index contributed by atoms with van der Waals surface area (Å²) in [5, 5.41) is 0. The molecule has 1 aromatic rings. The summed E-state index contributed by atoms with van der Waals surface area (Å²) in [7, 11) is 0. The van der Waals surface area contributed by atoms with Crippen molar-refractivity contribution >= 4 is 11.9 Å². The zero-order valence-corrected chi connectivity index (χ0v) is 9.56. The first-order chi connectivity index (χ1) is 7.18. The molecule has 0 atom stereocenters. The van der Waals surface area contributed by atoms with Gasteiger partial charge in [0.05, 0.1) is 0 Å². The van der Waals surface area contributed by atoms with Gasteiger partial charge >= 0.3 is 0 Å². The topological polar surface area (TPSA) is 103 Å². The predicted molar refractivity (Wildman–Crippen MR) is 62.4 cm³/mol. The Hall–Kier alpha value is -1.75. The molecule has 0 unspecified atom stereocenters. The highest BCUT2D eigenvalue weighted by atomic mass is 35.5. The molecule has 0 saturated heterocycles. The molecule has 0 heterocycles. The van der Waals surface area contributed by atoms with Gasteiger partial charge < -0.3 is 29.6 Å². The lowest BCUT2D eigenvalue weighted by atomic mass is 10.2. The van der Waals surface area contributed by atoms with Gasteiger partial charge in [-0.15, -0.1) is 0 Å². The summed E-state index contributed by atoms with van der Waals surface area (Å²) in [5.74, 6) is 0.0434. The Balaban J connectivity index is 0.00000225. The Kier molecular flexibility index (Phi) is 6.71. The lowest BCUT2D eigenvalue weighted by molar-refractivity contribution is -0.00000368. The molecule has 6 heteroatoms. The Morgan fingerprint density at radius 2 is 1.69 bits per heavy atom. The molecule has 0 aromatic heterocycles. The maximum atomic E-state index is 5.44. The second-order valence-electron chi connectivity index (χ2n) is 3.01. The van der Waals surface area contributed by atoms with Gasteiger partial charge in [-0.25, -0.2) is 0 Å². The van der Waals surface area contributed by atoms with E-state index in [9.17, 15) is 0 Å². The van der Waals surface area contributed by atoms with E-state index in [1.54, 1.807) is 0 Å². The molecule has 0 aliphatic rings. The van der Waals surface area contributed by atoms with Crippen molar-refractivity contribution in [2.75, 3.05) is 6.54 Å². The number of halogens is 1. The quantitative estimate of drug-likeness (QED) is 0.383. The number of nitrogens with zero attached hydrogens (tertiary/aromatic N) is 2. The minimum Gasteiger partial charge on any atom is -1.00 e.